The zero-order valence-corrected chi connectivity index (χ0v) is 11.1. The van der Waals surface area contributed by atoms with Gasteiger partial charge < -0.3 is 10.6 Å². The molecule has 0 bridgehead atoms. The fraction of sp³-hybridized carbons (Fsp3) is 0.846. The number of allylic oxidation sites excluding steroid dienone is 2. The van der Waals surface area contributed by atoms with Crippen molar-refractivity contribution in [2.45, 2.75) is 71.5 Å². The second kappa shape index (κ2) is 4.17. The lowest BCUT2D eigenvalue weighted by Crippen LogP contribution is -2.61. The highest BCUT2D eigenvalue weighted by atomic mass is 15.1. The van der Waals surface area contributed by atoms with Crippen LogP contribution in [0.4, 0.5) is 0 Å². The fourth-order valence-corrected chi connectivity index (χ4v) is 2.83. The molecular weight excluding hydrogens is 184 g/mol. The van der Waals surface area contributed by atoms with Gasteiger partial charge in [-0.2, -0.15) is 0 Å². The largest absolute Gasteiger partial charge is 0.386 e. The molecule has 1 aliphatic rings. The maximum absolute atomic E-state index is 3.69. The Kier molecular flexibility index (Phi) is 3.49. The summed E-state index contributed by atoms with van der Waals surface area (Å²) in [4.78, 5) is 0. The molecule has 0 radical (unpaired) electrons. The molecule has 1 heterocycles. The fourth-order valence-electron chi connectivity index (χ4n) is 2.83. The first-order valence-corrected chi connectivity index (χ1v) is 5.93. The quantitative estimate of drug-likeness (QED) is 0.732. The first kappa shape index (κ1) is 12.6. The van der Waals surface area contributed by atoms with Crippen LogP contribution in [0, 0.1) is 0 Å². The first-order valence-electron chi connectivity index (χ1n) is 5.93. The summed E-state index contributed by atoms with van der Waals surface area (Å²) in [7, 11) is 0. The molecule has 0 atom stereocenters. The highest BCUT2D eigenvalue weighted by Crippen LogP contribution is 2.28. The minimum Gasteiger partial charge on any atom is -0.386 e. The molecule has 0 aromatic rings. The summed E-state index contributed by atoms with van der Waals surface area (Å²) in [6.45, 7) is 13.4. The summed E-state index contributed by atoms with van der Waals surface area (Å²) >= 11 is 0. The second-order valence-corrected chi connectivity index (χ2v) is 6.11. The van der Waals surface area contributed by atoms with Crippen molar-refractivity contribution in [3.05, 3.63) is 11.8 Å². The zero-order chi connectivity index (χ0) is 11.7. The molecule has 88 valence electrons. The average Bonchev–Trinajstić information content (AvgIpc) is 1.97. The van der Waals surface area contributed by atoms with Crippen LogP contribution in [-0.2, 0) is 0 Å². The van der Waals surface area contributed by atoms with Crippen molar-refractivity contribution in [2.75, 3.05) is 0 Å². The van der Waals surface area contributed by atoms with Crippen LogP contribution in [0.5, 0.6) is 0 Å². The molecule has 1 rings (SSSR count). The van der Waals surface area contributed by atoms with Gasteiger partial charge in [0.2, 0.25) is 0 Å². The highest BCUT2D eigenvalue weighted by molar-refractivity contribution is 5.04. The van der Waals surface area contributed by atoms with E-state index in [0.717, 1.165) is 0 Å². The lowest BCUT2D eigenvalue weighted by atomic mass is 9.79. The van der Waals surface area contributed by atoms with E-state index in [0.29, 0.717) is 6.04 Å². The van der Waals surface area contributed by atoms with E-state index in [1.165, 1.54) is 18.5 Å². The Labute approximate surface area is 94.5 Å². The maximum Gasteiger partial charge on any atom is 0.0292 e. The number of piperidine rings is 1. The molecule has 0 aromatic heterocycles. The summed E-state index contributed by atoms with van der Waals surface area (Å²) < 4.78 is 0. The summed E-state index contributed by atoms with van der Waals surface area (Å²) in [5.41, 5.74) is 1.74. The van der Waals surface area contributed by atoms with Gasteiger partial charge in [0.15, 0.2) is 0 Å². The van der Waals surface area contributed by atoms with Gasteiger partial charge in [0.1, 0.15) is 0 Å². The van der Waals surface area contributed by atoms with Crippen molar-refractivity contribution in [3.63, 3.8) is 0 Å². The van der Waals surface area contributed by atoms with Gasteiger partial charge in [0.05, 0.1) is 0 Å². The minimum atomic E-state index is 0.230. The molecule has 0 amide bonds. The van der Waals surface area contributed by atoms with E-state index in [1.54, 1.807) is 0 Å². The Morgan fingerprint density at radius 1 is 1.20 bits per heavy atom. The number of nitrogens with one attached hydrogen (secondary N) is 2. The van der Waals surface area contributed by atoms with Crippen LogP contribution < -0.4 is 10.6 Å². The van der Waals surface area contributed by atoms with Gasteiger partial charge in [0, 0.05) is 22.8 Å². The lowest BCUT2D eigenvalue weighted by molar-refractivity contribution is 0.151. The Morgan fingerprint density at radius 3 is 2.07 bits per heavy atom. The average molecular weight is 210 g/mol. The Bertz CT molecular complexity index is 235. The van der Waals surface area contributed by atoms with E-state index in [9.17, 15) is 0 Å². The van der Waals surface area contributed by atoms with Crippen molar-refractivity contribution in [1.29, 1.82) is 0 Å². The van der Waals surface area contributed by atoms with E-state index in [-0.39, 0.29) is 11.1 Å². The van der Waals surface area contributed by atoms with Gasteiger partial charge in [-0.25, -0.2) is 0 Å². The molecule has 1 aliphatic heterocycles. The van der Waals surface area contributed by atoms with E-state index >= 15 is 0 Å². The van der Waals surface area contributed by atoms with Crippen LogP contribution in [-0.4, -0.2) is 17.1 Å². The van der Waals surface area contributed by atoms with Crippen LogP contribution in [0.2, 0.25) is 0 Å². The topological polar surface area (TPSA) is 24.1 Å². The first-order chi connectivity index (χ1) is 6.74. The summed E-state index contributed by atoms with van der Waals surface area (Å²) in [5.74, 6) is 0. The third kappa shape index (κ3) is 3.86. The maximum atomic E-state index is 3.69. The Hall–Kier alpha value is -0.500. The van der Waals surface area contributed by atoms with Gasteiger partial charge in [-0.05, 0) is 54.4 Å². The van der Waals surface area contributed by atoms with Crippen LogP contribution in [0.1, 0.15) is 54.4 Å². The molecule has 0 spiro atoms. The van der Waals surface area contributed by atoms with Gasteiger partial charge in [-0.15, -0.1) is 0 Å². The summed E-state index contributed by atoms with van der Waals surface area (Å²) in [5, 5.41) is 7.29. The standard InChI is InChI=1S/C13H26N2/c1-7-10(2)14-11-8-12(3,4)15-13(5,6)9-11/h7,11,14-15H,8-9H2,1-6H3. The molecule has 0 aromatic carbocycles. The third-order valence-electron chi connectivity index (χ3n) is 3.06. The molecule has 15 heavy (non-hydrogen) atoms. The predicted molar refractivity (Wildman–Crippen MR) is 66.9 cm³/mol. The Morgan fingerprint density at radius 2 is 1.67 bits per heavy atom. The van der Waals surface area contributed by atoms with Gasteiger partial charge >= 0.3 is 0 Å². The Balaban J connectivity index is 2.67. The number of rotatable bonds is 2. The monoisotopic (exact) mass is 210 g/mol. The summed E-state index contributed by atoms with van der Waals surface area (Å²) in [6.07, 6.45) is 4.51. The molecule has 2 heteroatoms. The van der Waals surface area contributed by atoms with Crippen LogP contribution >= 0.6 is 0 Å². The normalized spacial score (nSPS) is 26.4. The second-order valence-electron chi connectivity index (χ2n) is 6.11. The van der Waals surface area contributed by atoms with Gasteiger partial charge in [-0.1, -0.05) is 6.08 Å². The predicted octanol–water partition coefficient (Wildman–Crippen LogP) is 2.81. The molecule has 2 N–H and O–H groups in total. The van der Waals surface area contributed by atoms with E-state index in [1.807, 2.05) is 0 Å². The minimum absolute atomic E-state index is 0.230. The zero-order valence-electron chi connectivity index (χ0n) is 11.1. The molecule has 1 fully saturated rings. The number of hydrogen-bond donors (Lipinski definition) is 2. The molecule has 1 saturated heterocycles. The van der Waals surface area contributed by atoms with Crippen molar-refractivity contribution in [2.24, 2.45) is 0 Å². The SMILES string of the molecule is CC=C(C)NC1CC(C)(C)NC(C)(C)C1. The van der Waals surface area contributed by atoms with Crippen LogP contribution in [0.15, 0.2) is 11.8 Å². The van der Waals surface area contributed by atoms with Gasteiger partial charge in [0.25, 0.3) is 0 Å². The van der Waals surface area contributed by atoms with Crippen LogP contribution in [0.25, 0.3) is 0 Å². The molecule has 0 saturated carbocycles. The highest BCUT2D eigenvalue weighted by Gasteiger charge is 2.37. The van der Waals surface area contributed by atoms with E-state index in [2.05, 4.69) is 58.3 Å². The molecule has 2 nitrogen and oxygen atoms in total. The van der Waals surface area contributed by atoms with Crippen molar-refractivity contribution in [3.8, 4) is 0 Å². The van der Waals surface area contributed by atoms with E-state index < -0.39 is 0 Å². The van der Waals surface area contributed by atoms with Crippen molar-refractivity contribution < 1.29 is 0 Å². The number of hydrogen-bond acceptors (Lipinski definition) is 2. The van der Waals surface area contributed by atoms with Crippen molar-refractivity contribution >= 4 is 0 Å². The van der Waals surface area contributed by atoms with Crippen molar-refractivity contribution in [1.82, 2.24) is 10.6 Å². The molecule has 0 unspecified atom stereocenters. The summed E-state index contributed by atoms with van der Waals surface area (Å²) in [6, 6.07) is 0.590. The van der Waals surface area contributed by atoms with Gasteiger partial charge in [-0.3, -0.25) is 0 Å². The van der Waals surface area contributed by atoms with Crippen LogP contribution in [0.3, 0.4) is 0 Å². The van der Waals surface area contributed by atoms with E-state index in [4.69, 9.17) is 0 Å². The molecular formula is C13H26N2. The lowest BCUT2D eigenvalue weighted by Gasteiger charge is -2.47. The molecule has 0 aliphatic carbocycles. The smallest absolute Gasteiger partial charge is 0.0292 e. The third-order valence-corrected chi connectivity index (χ3v) is 3.06.